The summed E-state index contributed by atoms with van der Waals surface area (Å²) in [5, 5.41) is 18.1. The van der Waals surface area contributed by atoms with Gasteiger partial charge in [0.15, 0.2) is 5.82 Å². The zero-order valence-corrected chi connectivity index (χ0v) is 14.6. The fourth-order valence-electron chi connectivity index (χ4n) is 2.45. The molecule has 0 unspecified atom stereocenters. The van der Waals surface area contributed by atoms with Crippen molar-refractivity contribution < 1.29 is 9.90 Å². The Balaban J connectivity index is 2.00. The number of rotatable bonds is 5. The van der Waals surface area contributed by atoms with E-state index in [1.807, 2.05) is 24.3 Å². The van der Waals surface area contributed by atoms with E-state index < -0.39 is 5.97 Å². The van der Waals surface area contributed by atoms with Crippen molar-refractivity contribution in [1.29, 1.82) is 0 Å². The van der Waals surface area contributed by atoms with E-state index in [0.717, 1.165) is 0 Å². The lowest BCUT2D eigenvalue weighted by Gasteiger charge is -2.04. The van der Waals surface area contributed by atoms with Gasteiger partial charge >= 0.3 is 5.97 Å². The number of azo groups is 1. The van der Waals surface area contributed by atoms with Crippen LogP contribution in [0.15, 0.2) is 52.8 Å². The Morgan fingerprint density at radius 2 is 1.92 bits per heavy atom. The topological polar surface area (TPSA) is 79.3 Å². The highest BCUT2D eigenvalue weighted by atomic mass is 35.5. The van der Waals surface area contributed by atoms with Crippen LogP contribution in [-0.2, 0) is 11.2 Å². The molecule has 0 aliphatic carbocycles. The number of nitrogens with zero attached hydrogens (tertiary/aromatic N) is 4. The number of aromatic nitrogens is 2. The minimum absolute atomic E-state index is 0.236. The maximum absolute atomic E-state index is 11.1. The molecule has 6 nitrogen and oxygen atoms in total. The molecule has 0 bridgehead atoms. The molecule has 0 saturated heterocycles. The molecular formula is C18H17ClN4O2. The second kappa shape index (κ2) is 7.03. The number of imidazole rings is 1. The summed E-state index contributed by atoms with van der Waals surface area (Å²) in [5.74, 6) is -0.172. The predicted octanol–water partition coefficient (Wildman–Crippen LogP) is 5.15. The second-order valence-electron chi connectivity index (χ2n) is 5.97. The van der Waals surface area contributed by atoms with Crippen molar-refractivity contribution in [1.82, 2.24) is 9.38 Å². The lowest BCUT2D eigenvalue weighted by atomic mass is 10.0. The molecule has 128 valence electrons. The van der Waals surface area contributed by atoms with Gasteiger partial charge in [-0.05, 0) is 35.7 Å². The van der Waals surface area contributed by atoms with E-state index in [0.29, 0.717) is 33.8 Å². The summed E-state index contributed by atoms with van der Waals surface area (Å²) >= 11 is 6.03. The van der Waals surface area contributed by atoms with E-state index >= 15 is 0 Å². The maximum atomic E-state index is 11.1. The minimum Gasteiger partial charge on any atom is -0.481 e. The van der Waals surface area contributed by atoms with Gasteiger partial charge < -0.3 is 5.11 Å². The number of benzene rings is 1. The number of aliphatic carboxylic acids is 1. The van der Waals surface area contributed by atoms with Gasteiger partial charge in [-0.25, -0.2) is 4.98 Å². The van der Waals surface area contributed by atoms with Gasteiger partial charge in [0.2, 0.25) is 0 Å². The zero-order chi connectivity index (χ0) is 18.0. The molecule has 0 fully saturated rings. The molecule has 3 aromatic rings. The number of carboxylic acid groups (broad SMARTS) is 1. The first-order chi connectivity index (χ1) is 11.9. The van der Waals surface area contributed by atoms with Crippen LogP contribution in [0.2, 0.25) is 5.02 Å². The number of carbonyl (C=O) groups is 1. The summed E-state index contributed by atoms with van der Waals surface area (Å²) in [7, 11) is 0. The highest BCUT2D eigenvalue weighted by Crippen LogP contribution is 2.27. The quantitative estimate of drug-likeness (QED) is 0.641. The van der Waals surface area contributed by atoms with Gasteiger partial charge in [-0.2, -0.15) is 0 Å². The molecule has 2 heterocycles. The van der Waals surface area contributed by atoms with E-state index in [2.05, 4.69) is 29.1 Å². The Hall–Kier alpha value is -2.73. The molecule has 0 amide bonds. The Morgan fingerprint density at radius 1 is 1.20 bits per heavy atom. The van der Waals surface area contributed by atoms with Gasteiger partial charge in [-0.1, -0.05) is 37.6 Å². The SMILES string of the molecule is CC(C)c1ccc(N=Nc2c(CC(=O)O)nc3ccc(Cl)cn23)cc1. The van der Waals surface area contributed by atoms with Gasteiger partial charge in [-0.3, -0.25) is 9.20 Å². The van der Waals surface area contributed by atoms with Crippen LogP contribution in [0.4, 0.5) is 11.5 Å². The van der Waals surface area contributed by atoms with Crippen LogP contribution in [0.3, 0.4) is 0 Å². The highest BCUT2D eigenvalue weighted by molar-refractivity contribution is 6.30. The molecule has 2 aromatic heterocycles. The predicted molar refractivity (Wildman–Crippen MR) is 96.2 cm³/mol. The van der Waals surface area contributed by atoms with Crippen molar-refractivity contribution in [2.24, 2.45) is 10.2 Å². The molecule has 3 rings (SSSR count). The van der Waals surface area contributed by atoms with Crippen molar-refractivity contribution in [3.63, 3.8) is 0 Å². The van der Waals surface area contributed by atoms with E-state index in [4.69, 9.17) is 16.7 Å². The van der Waals surface area contributed by atoms with Crippen LogP contribution >= 0.6 is 11.6 Å². The molecule has 0 aliphatic rings. The first-order valence-corrected chi connectivity index (χ1v) is 8.22. The summed E-state index contributed by atoms with van der Waals surface area (Å²) < 4.78 is 1.65. The monoisotopic (exact) mass is 356 g/mol. The van der Waals surface area contributed by atoms with Crippen LogP contribution in [0.1, 0.15) is 31.0 Å². The first-order valence-electron chi connectivity index (χ1n) is 7.84. The average Bonchev–Trinajstić information content (AvgIpc) is 2.89. The van der Waals surface area contributed by atoms with Crippen LogP contribution in [0, 0.1) is 0 Å². The van der Waals surface area contributed by atoms with Crippen LogP contribution in [0.25, 0.3) is 5.65 Å². The summed E-state index contributed by atoms with van der Waals surface area (Å²) in [5.41, 5.74) is 2.82. The molecule has 0 radical (unpaired) electrons. The third-order valence-corrected chi connectivity index (χ3v) is 3.99. The Kier molecular flexibility index (Phi) is 4.81. The molecule has 1 N–H and O–H groups in total. The van der Waals surface area contributed by atoms with E-state index in [1.165, 1.54) is 5.56 Å². The lowest BCUT2D eigenvalue weighted by Crippen LogP contribution is -2.00. The zero-order valence-electron chi connectivity index (χ0n) is 13.8. The Morgan fingerprint density at radius 3 is 2.56 bits per heavy atom. The molecule has 7 heteroatoms. The summed E-state index contributed by atoms with van der Waals surface area (Å²) in [6, 6.07) is 11.2. The Bertz CT molecular complexity index is 946. The summed E-state index contributed by atoms with van der Waals surface area (Å²) in [6.07, 6.45) is 1.41. The minimum atomic E-state index is -0.979. The fourth-order valence-corrected chi connectivity index (χ4v) is 2.61. The molecule has 0 atom stereocenters. The number of hydrogen-bond donors (Lipinski definition) is 1. The van der Waals surface area contributed by atoms with Crippen LogP contribution < -0.4 is 0 Å². The number of fused-ring (bicyclic) bond motifs is 1. The van der Waals surface area contributed by atoms with E-state index in [1.54, 1.807) is 22.7 Å². The Labute approximate surface area is 149 Å². The number of halogens is 1. The van der Waals surface area contributed by atoms with Gasteiger partial charge in [-0.15, -0.1) is 10.2 Å². The van der Waals surface area contributed by atoms with Crippen molar-refractivity contribution >= 4 is 34.7 Å². The number of hydrogen-bond acceptors (Lipinski definition) is 4. The van der Waals surface area contributed by atoms with Crippen molar-refractivity contribution in [3.05, 3.63) is 58.9 Å². The standard InChI is InChI=1S/C18H17ClN4O2/c1-11(2)12-3-6-14(7-4-12)21-22-18-15(9-17(24)25)20-16-8-5-13(19)10-23(16)18/h3-8,10-11H,9H2,1-2H3,(H,24,25). The first kappa shape index (κ1) is 17.1. The smallest absolute Gasteiger partial charge is 0.309 e. The molecule has 1 aromatic carbocycles. The van der Waals surface area contributed by atoms with Gasteiger partial charge in [0.25, 0.3) is 0 Å². The molecule has 25 heavy (non-hydrogen) atoms. The number of pyridine rings is 1. The van der Waals surface area contributed by atoms with Gasteiger partial charge in [0.1, 0.15) is 5.65 Å². The molecular weight excluding hydrogens is 340 g/mol. The van der Waals surface area contributed by atoms with Crippen molar-refractivity contribution in [2.75, 3.05) is 0 Å². The van der Waals surface area contributed by atoms with Gasteiger partial charge in [0, 0.05) is 6.20 Å². The summed E-state index contributed by atoms with van der Waals surface area (Å²) in [6.45, 7) is 4.24. The largest absolute Gasteiger partial charge is 0.481 e. The lowest BCUT2D eigenvalue weighted by molar-refractivity contribution is -0.136. The molecule has 0 aliphatic heterocycles. The highest BCUT2D eigenvalue weighted by Gasteiger charge is 2.15. The second-order valence-corrected chi connectivity index (χ2v) is 6.41. The summed E-state index contributed by atoms with van der Waals surface area (Å²) in [4.78, 5) is 15.4. The number of carboxylic acids is 1. The normalized spacial score (nSPS) is 11.7. The average molecular weight is 357 g/mol. The third kappa shape index (κ3) is 3.85. The molecule has 0 spiro atoms. The fraction of sp³-hybridized carbons (Fsp3) is 0.222. The van der Waals surface area contributed by atoms with E-state index in [-0.39, 0.29) is 6.42 Å². The third-order valence-electron chi connectivity index (χ3n) is 3.77. The maximum Gasteiger partial charge on any atom is 0.309 e. The molecule has 0 saturated carbocycles. The van der Waals surface area contributed by atoms with Crippen molar-refractivity contribution in [3.8, 4) is 0 Å². The van der Waals surface area contributed by atoms with Crippen molar-refractivity contribution in [2.45, 2.75) is 26.2 Å². The van der Waals surface area contributed by atoms with E-state index in [9.17, 15) is 4.79 Å². The van der Waals surface area contributed by atoms with Crippen LogP contribution in [0.5, 0.6) is 0 Å². The van der Waals surface area contributed by atoms with Crippen LogP contribution in [-0.4, -0.2) is 20.5 Å². The van der Waals surface area contributed by atoms with Gasteiger partial charge in [0.05, 0.1) is 22.8 Å².